The smallest absolute Gasteiger partial charge is 0.123 e. The lowest BCUT2D eigenvalue weighted by molar-refractivity contribution is 0.149. The van der Waals surface area contributed by atoms with Gasteiger partial charge >= 0.3 is 0 Å². The predicted molar refractivity (Wildman–Crippen MR) is 63.6 cm³/mol. The molecule has 0 saturated carbocycles. The minimum atomic E-state index is -0.244. The first-order chi connectivity index (χ1) is 7.65. The van der Waals surface area contributed by atoms with E-state index in [1.165, 1.54) is 12.1 Å². The van der Waals surface area contributed by atoms with E-state index in [2.05, 4.69) is 5.32 Å². The molecule has 0 spiro atoms. The van der Waals surface area contributed by atoms with Crippen molar-refractivity contribution in [2.75, 3.05) is 6.61 Å². The fourth-order valence-electron chi connectivity index (χ4n) is 1.72. The van der Waals surface area contributed by atoms with Gasteiger partial charge in [-0.1, -0.05) is 26.0 Å². The van der Waals surface area contributed by atoms with Gasteiger partial charge in [-0.3, -0.25) is 0 Å². The van der Waals surface area contributed by atoms with Crippen LogP contribution in [0.3, 0.4) is 0 Å². The van der Waals surface area contributed by atoms with E-state index in [0.29, 0.717) is 6.54 Å². The van der Waals surface area contributed by atoms with Gasteiger partial charge in [-0.2, -0.15) is 0 Å². The fraction of sp³-hybridized carbons (Fsp3) is 0.538. The Morgan fingerprint density at radius 3 is 2.50 bits per heavy atom. The van der Waals surface area contributed by atoms with Crippen molar-refractivity contribution in [2.45, 2.75) is 38.8 Å². The highest BCUT2D eigenvalue weighted by Gasteiger charge is 2.23. The van der Waals surface area contributed by atoms with Gasteiger partial charge in [0.2, 0.25) is 0 Å². The second kappa shape index (κ2) is 5.97. The maximum atomic E-state index is 13.0. The summed E-state index contributed by atoms with van der Waals surface area (Å²) in [4.78, 5) is 0. The molecular weight excluding hydrogens is 205 g/mol. The lowest BCUT2D eigenvalue weighted by atomic mass is 9.93. The van der Waals surface area contributed by atoms with Crippen LogP contribution in [0.25, 0.3) is 0 Å². The summed E-state index contributed by atoms with van der Waals surface area (Å²) in [6.07, 6.45) is 1.71. The Labute approximate surface area is 96.5 Å². The molecule has 0 radical (unpaired) electrons. The molecule has 3 heteroatoms. The third-order valence-corrected chi connectivity index (χ3v) is 3.21. The van der Waals surface area contributed by atoms with Crippen LogP contribution < -0.4 is 5.32 Å². The van der Waals surface area contributed by atoms with Crippen LogP contribution >= 0.6 is 0 Å². The molecule has 1 aromatic carbocycles. The summed E-state index contributed by atoms with van der Waals surface area (Å²) in [6.45, 7) is 4.77. The van der Waals surface area contributed by atoms with Gasteiger partial charge in [0.1, 0.15) is 5.82 Å². The zero-order valence-corrected chi connectivity index (χ0v) is 9.96. The van der Waals surface area contributed by atoms with Crippen LogP contribution in [0.5, 0.6) is 0 Å². The molecule has 0 aromatic heterocycles. The summed E-state index contributed by atoms with van der Waals surface area (Å²) in [5.74, 6) is -0.220. The van der Waals surface area contributed by atoms with E-state index in [4.69, 9.17) is 0 Å². The van der Waals surface area contributed by atoms with Crippen LogP contribution in [0, 0.1) is 5.82 Å². The minimum absolute atomic E-state index is 0.106. The quantitative estimate of drug-likeness (QED) is 0.779. The Hall–Kier alpha value is -0.930. The minimum Gasteiger partial charge on any atom is -0.394 e. The van der Waals surface area contributed by atoms with Gasteiger partial charge in [0.05, 0.1) is 6.61 Å². The lowest BCUT2D eigenvalue weighted by Crippen LogP contribution is -2.47. The molecule has 0 unspecified atom stereocenters. The van der Waals surface area contributed by atoms with Crippen molar-refractivity contribution in [1.82, 2.24) is 5.32 Å². The molecule has 16 heavy (non-hydrogen) atoms. The molecule has 1 rings (SSSR count). The van der Waals surface area contributed by atoms with Crippen molar-refractivity contribution in [3.8, 4) is 0 Å². The first kappa shape index (κ1) is 13.1. The average molecular weight is 225 g/mol. The van der Waals surface area contributed by atoms with Crippen molar-refractivity contribution in [2.24, 2.45) is 0 Å². The lowest BCUT2D eigenvalue weighted by Gasteiger charge is -2.31. The fourth-order valence-corrected chi connectivity index (χ4v) is 1.72. The van der Waals surface area contributed by atoms with E-state index < -0.39 is 0 Å². The molecule has 0 atom stereocenters. The van der Waals surface area contributed by atoms with Gasteiger partial charge < -0.3 is 10.4 Å². The SMILES string of the molecule is CCC(CC)(CO)NCc1cccc(F)c1. The van der Waals surface area contributed by atoms with Crippen LogP contribution in [-0.2, 0) is 6.54 Å². The number of hydrogen-bond donors (Lipinski definition) is 2. The Kier molecular flexibility index (Phi) is 4.90. The van der Waals surface area contributed by atoms with Gasteiger partial charge in [0, 0.05) is 12.1 Å². The van der Waals surface area contributed by atoms with Gasteiger partial charge in [-0.25, -0.2) is 4.39 Å². The van der Waals surface area contributed by atoms with Crippen molar-refractivity contribution in [3.63, 3.8) is 0 Å². The summed E-state index contributed by atoms with van der Waals surface area (Å²) in [5, 5.41) is 12.7. The maximum Gasteiger partial charge on any atom is 0.123 e. The summed E-state index contributed by atoms with van der Waals surface area (Å²) < 4.78 is 13.0. The van der Waals surface area contributed by atoms with Crippen LogP contribution in [0.1, 0.15) is 32.3 Å². The van der Waals surface area contributed by atoms with E-state index in [9.17, 15) is 9.50 Å². The number of hydrogen-bond acceptors (Lipinski definition) is 2. The summed E-state index contributed by atoms with van der Waals surface area (Å²) in [6, 6.07) is 6.53. The van der Waals surface area contributed by atoms with Crippen molar-refractivity contribution < 1.29 is 9.50 Å². The largest absolute Gasteiger partial charge is 0.394 e. The standard InChI is InChI=1S/C13H20FNO/c1-3-13(4-2,10-16)15-9-11-6-5-7-12(14)8-11/h5-8,15-16H,3-4,9-10H2,1-2H3. The molecule has 0 fully saturated rings. The third-order valence-electron chi connectivity index (χ3n) is 3.21. The van der Waals surface area contributed by atoms with E-state index in [0.717, 1.165) is 18.4 Å². The number of benzene rings is 1. The first-order valence-electron chi connectivity index (χ1n) is 5.76. The molecule has 1 aromatic rings. The summed E-state index contributed by atoms with van der Waals surface area (Å²) in [7, 11) is 0. The molecule has 90 valence electrons. The molecule has 0 heterocycles. The first-order valence-corrected chi connectivity index (χ1v) is 5.76. The van der Waals surface area contributed by atoms with Gasteiger partial charge in [-0.05, 0) is 30.5 Å². The van der Waals surface area contributed by atoms with E-state index in [-0.39, 0.29) is 18.0 Å². The second-order valence-electron chi connectivity index (χ2n) is 4.13. The zero-order chi connectivity index (χ0) is 12.0. The van der Waals surface area contributed by atoms with Crippen LogP contribution in [-0.4, -0.2) is 17.3 Å². The van der Waals surface area contributed by atoms with Crippen LogP contribution in [0.2, 0.25) is 0 Å². The normalized spacial score (nSPS) is 11.8. The molecule has 0 amide bonds. The maximum absolute atomic E-state index is 13.0. The molecule has 0 aliphatic carbocycles. The molecule has 0 bridgehead atoms. The highest BCUT2D eigenvalue weighted by molar-refractivity contribution is 5.16. The zero-order valence-electron chi connectivity index (χ0n) is 9.96. The van der Waals surface area contributed by atoms with Crippen LogP contribution in [0.15, 0.2) is 24.3 Å². The molecule has 2 nitrogen and oxygen atoms in total. The number of halogens is 1. The molecule has 2 N–H and O–H groups in total. The second-order valence-corrected chi connectivity index (χ2v) is 4.13. The Bertz CT molecular complexity index is 315. The number of rotatable bonds is 6. The number of nitrogens with one attached hydrogen (secondary N) is 1. The molecule has 0 aliphatic heterocycles. The number of aliphatic hydroxyl groups is 1. The highest BCUT2D eigenvalue weighted by atomic mass is 19.1. The molecular formula is C13H20FNO. The summed E-state index contributed by atoms with van der Waals surface area (Å²) >= 11 is 0. The summed E-state index contributed by atoms with van der Waals surface area (Å²) in [5.41, 5.74) is 0.659. The Balaban J connectivity index is 2.62. The Morgan fingerprint density at radius 1 is 1.31 bits per heavy atom. The Morgan fingerprint density at radius 2 is 2.00 bits per heavy atom. The molecule has 0 saturated heterocycles. The topological polar surface area (TPSA) is 32.3 Å². The van der Waals surface area contributed by atoms with Crippen molar-refractivity contribution in [1.29, 1.82) is 0 Å². The van der Waals surface area contributed by atoms with Crippen molar-refractivity contribution in [3.05, 3.63) is 35.6 Å². The highest BCUT2D eigenvalue weighted by Crippen LogP contribution is 2.15. The molecule has 0 aliphatic rings. The predicted octanol–water partition coefficient (Wildman–Crippen LogP) is 2.47. The number of aliphatic hydroxyl groups excluding tert-OH is 1. The van der Waals surface area contributed by atoms with E-state index in [1.54, 1.807) is 6.07 Å². The van der Waals surface area contributed by atoms with Gasteiger partial charge in [0.15, 0.2) is 0 Å². The average Bonchev–Trinajstić information content (AvgIpc) is 2.32. The van der Waals surface area contributed by atoms with Gasteiger partial charge in [-0.15, -0.1) is 0 Å². The van der Waals surface area contributed by atoms with Crippen molar-refractivity contribution >= 4 is 0 Å². The van der Waals surface area contributed by atoms with E-state index in [1.807, 2.05) is 19.9 Å². The monoisotopic (exact) mass is 225 g/mol. The third kappa shape index (κ3) is 3.29. The van der Waals surface area contributed by atoms with Crippen LogP contribution in [0.4, 0.5) is 4.39 Å². The van der Waals surface area contributed by atoms with E-state index >= 15 is 0 Å². The van der Waals surface area contributed by atoms with Gasteiger partial charge in [0.25, 0.3) is 0 Å².